The molecule has 0 radical (unpaired) electrons. The third kappa shape index (κ3) is 2.73. The third-order valence-electron chi connectivity index (χ3n) is 3.63. The van der Waals surface area contributed by atoms with E-state index >= 15 is 0 Å². The fourth-order valence-corrected chi connectivity index (χ4v) is 2.34. The molecule has 3 nitrogen and oxygen atoms in total. The van der Waals surface area contributed by atoms with E-state index in [1.165, 1.54) is 5.56 Å². The van der Waals surface area contributed by atoms with Crippen LogP contribution in [0.25, 0.3) is 0 Å². The lowest BCUT2D eigenvalue weighted by molar-refractivity contribution is 0.101. The third-order valence-corrected chi connectivity index (χ3v) is 3.63. The smallest absolute Gasteiger partial charge is 0.159 e. The zero-order valence-electron chi connectivity index (χ0n) is 10.4. The summed E-state index contributed by atoms with van der Waals surface area (Å²) < 4.78 is 0. The molecule has 1 aliphatic rings. The molecule has 2 rings (SSSR count). The average molecular weight is 232 g/mol. The van der Waals surface area contributed by atoms with Crippen LogP contribution in [0.3, 0.4) is 0 Å². The van der Waals surface area contributed by atoms with Crippen LogP contribution in [0.4, 0.5) is 0 Å². The molecule has 17 heavy (non-hydrogen) atoms. The number of ketones is 1. The van der Waals surface area contributed by atoms with Crippen molar-refractivity contribution in [2.24, 2.45) is 11.7 Å². The van der Waals surface area contributed by atoms with E-state index in [4.69, 9.17) is 5.73 Å². The Morgan fingerprint density at radius 2 is 2.24 bits per heavy atom. The highest BCUT2D eigenvalue weighted by Crippen LogP contribution is 2.26. The summed E-state index contributed by atoms with van der Waals surface area (Å²) in [5.74, 6) is 0.634. The summed E-state index contributed by atoms with van der Waals surface area (Å²) in [4.78, 5) is 11.4. The first-order chi connectivity index (χ1) is 8.08. The van der Waals surface area contributed by atoms with Gasteiger partial charge >= 0.3 is 0 Å². The first-order valence-electron chi connectivity index (χ1n) is 6.18. The van der Waals surface area contributed by atoms with Crippen LogP contribution >= 0.6 is 0 Å². The van der Waals surface area contributed by atoms with Gasteiger partial charge in [0.1, 0.15) is 0 Å². The van der Waals surface area contributed by atoms with Crippen LogP contribution in [0.2, 0.25) is 0 Å². The lowest BCUT2D eigenvalue weighted by Crippen LogP contribution is -2.46. The summed E-state index contributed by atoms with van der Waals surface area (Å²) in [5.41, 5.74) is 7.96. The first-order valence-corrected chi connectivity index (χ1v) is 6.18. The second kappa shape index (κ2) is 4.98. The van der Waals surface area contributed by atoms with Crippen molar-refractivity contribution in [3.8, 4) is 0 Å². The Hall–Kier alpha value is -1.19. The molecule has 1 heterocycles. The van der Waals surface area contributed by atoms with E-state index in [9.17, 15) is 4.79 Å². The molecule has 0 saturated carbocycles. The van der Waals surface area contributed by atoms with Crippen molar-refractivity contribution in [3.63, 3.8) is 0 Å². The Morgan fingerprint density at radius 1 is 1.47 bits per heavy atom. The highest BCUT2D eigenvalue weighted by Gasteiger charge is 2.25. The number of nitrogens with two attached hydrogens (primary N) is 1. The number of Topliss-reactive ketones (excluding diaryl/α,β-unsaturated/α-hetero) is 1. The molecule has 3 unspecified atom stereocenters. The summed E-state index contributed by atoms with van der Waals surface area (Å²) in [7, 11) is 0. The molecule has 1 fully saturated rings. The molecule has 1 aromatic carbocycles. The maximum atomic E-state index is 11.4. The second-order valence-electron chi connectivity index (χ2n) is 5.02. The monoisotopic (exact) mass is 232 g/mol. The average Bonchev–Trinajstić information content (AvgIpc) is 2.33. The molecule has 0 bridgehead atoms. The Kier molecular flexibility index (Phi) is 3.60. The van der Waals surface area contributed by atoms with E-state index in [-0.39, 0.29) is 11.8 Å². The van der Waals surface area contributed by atoms with Gasteiger partial charge in [0.15, 0.2) is 5.78 Å². The Labute approximate surface area is 102 Å². The molecule has 0 aromatic heterocycles. The van der Waals surface area contributed by atoms with Gasteiger partial charge < -0.3 is 11.1 Å². The number of carbonyl (C=O) groups is 1. The fraction of sp³-hybridized carbons (Fsp3) is 0.500. The number of benzene rings is 1. The van der Waals surface area contributed by atoms with Crippen molar-refractivity contribution in [1.29, 1.82) is 0 Å². The molecule has 1 aromatic rings. The number of nitrogens with one attached hydrogen (secondary N) is 1. The Morgan fingerprint density at radius 3 is 2.88 bits per heavy atom. The van der Waals surface area contributed by atoms with Gasteiger partial charge in [-0.3, -0.25) is 4.79 Å². The number of piperidine rings is 1. The van der Waals surface area contributed by atoms with Crippen LogP contribution in [0.1, 0.15) is 42.2 Å². The van der Waals surface area contributed by atoms with Crippen LogP contribution in [0.5, 0.6) is 0 Å². The van der Waals surface area contributed by atoms with Crippen LogP contribution < -0.4 is 11.1 Å². The zero-order valence-corrected chi connectivity index (χ0v) is 10.4. The van der Waals surface area contributed by atoms with Crippen LogP contribution in [0.15, 0.2) is 24.3 Å². The minimum absolute atomic E-state index is 0.118. The minimum Gasteiger partial charge on any atom is -0.326 e. The van der Waals surface area contributed by atoms with Crippen LogP contribution in [-0.2, 0) is 0 Å². The van der Waals surface area contributed by atoms with Gasteiger partial charge in [-0.1, -0.05) is 25.1 Å². The van der Waals surface area contributed by atoms with Gasteiger partial charge in [0, 0.05) is 24.2 Å². The molecular formula is C14H20N2O. The van der Waals surface area contributed by atoms with E-state index in [2.05, 4.69) is 18.3 Å². The Balaban J connectivity index is 2.17. The van der Waals surface area contributed by atoms with Crippen molar-refractivity contribution >= 4 is 5.78 Å². The molecule has 0 aliphatic carbocycles. The van der Waals surface area contributed by atoms with Gasteiger partial charge in [0.2, 0.25) is 0 Å². The summed E-state index contributed by atoms with van der Waals surface area (Å²) in [6, 6.07) is 8.44. The number of hydrogen-bond acceptors (Lipinski definition) is 3. The number of carbonyl (C=O) groups excluding carboxylic acids is 1. The van der Waals surface area contributed by atoms with E-state index in [0.717, 1.165) is 18.5 Å². The standard InChI is InChI=1S/C14H20N2O/c1-9-6-14(16-8-13(9)15)12-5-3-4-11(7-12)10(2)17/h3-5,7,9,13-14,16H,6,8,15H2,1-2H3. The predicted octanol–water partition coefficient (Wildman–Crippen LogP) is 1.89. The summed E-state index contributed by atoms with van der Waals surface area (Å²) in [5, 5.41) is 3.45. The highest BCUT2D eigenvalue weighted by molar-refractivity contribution is 5.94. The quantitative estimate of drug-likeness (QED) is 0.766. The molecule has 1 saturated heterocycles. The predicted molar refractivity (Wildman–Crippen MR) is 68.9 cm³/mol. The van der Waals surface area contributed by atoms with Crippen molar-refractivity contribution < 1.29 is 4.79 Å². The second-order valence-corrected chi connectivity index (χ2v) is 5.02. The lowest BCUT2D eigenvalue weighted by Gasteiger charge is -2.33. The molecule has 92 valence electrons. The fourth-order valence-electron chi connectivity index (χ4n) is 2.34. The van der Waals surface area contributed by atoms with E-state index in [0.29, 0.717) is 12.0 Å². The van der Waals surface area contributed by atoms with E-state index in [1.54, 1.807) is 6.92 Å². The minimum atomic E-state index is 0.118. The number of rotatable bonds is 2. The molecule has 3 atom stereocenters. The van der Waals surface area contributed by atoms with Crippen molar-refractivity contribution in [2.75, 3.05) is 6.54 Å². The molecule has 1 aliphatic heterocycles. The van der Waals surface area contributed by atoms with Gasteiger partial charge in [0.05, 0.1) is 0 Å². The molecule has 3 N–H and O–H groups in total. The summed E-state index contributed by atoms with van der Waals surface area (Å²) in [6.45, 7) is 4.63. The van der Waals surface area contributed by atoms with Gasteiger partial charge in [0.25, 0.3) is 0 Å². The van der Waals surface area contributed by atoms with Crippen molar-refractivity contribution in [1.82, 2.24) is 5.32 Å². The maximum Gasteiger partial charge on any atom is 0.159 e. The largest absolute Gasteiger partial charge is 0.326 e. The molecular weight excluding hydrogens is 212 g/mol. The molecule has 0 spiro atoms. The van der Waals surface area contributed by atoms with Crippen molar-refractivity contribution in [2.45, 2.75) is 32.4 Å². The summed E-state index contributed by atoms with van der Waals surface area (Å²) >= 11 is 0. The van der Waals surface area contributed by atoms with Gasteiger partial charge in [-0.15, -0.1) is 0 Å². The maximum absolute atomic E-state index is 11.4. The van der Waals surface area contributed by atoms with Crippen molar-refractivity contribution in [3.05, 3.63) is 35.4 Å². The highest BCUT2D eigenvalue weighted by atomic mass is 16.1. The number of hydrogen-bond donors (Lipinski definition) is 2. The van der Waals surface area contributed by atoms with Gasteiger partial charge in [-0.05, 0) is 30.9 Å². The molecule has 3 heteroatoms. The topological polar surface area (TPSA) is 55.1 Å². The van der Waals surface area contributed by atoms with E-state index in [1.807, 2.05) is 18.2 Å². The van der Waals surface area contributed by atoms with Crippen LogP contribution in [-0.4, -0.2) is 18.4 Å². The van der Waals surface area contributed by atoms with Gasteiger partial charge in [-0.2, -0.15) is 0 Å². The van der Waals surface area contributed by atoms with Gasteiger partial charge in [-0.25, -0.2) is 0 Å². The SMILES string of the molecule is CC(=O)c1cccc(C2CC(C)C(N)CN2)c1. The first kappa shape index (κ1) is 12.3. The van der Waals surface area contributed by atoms with Crippen LogP contribution in [0, 0.1) is 5.92 Å². The normalized spacial score (nSPS) is 29.0. The van der Waals surface area contributed by atoms with E-state index < -0.39 is 0 Å². The lowest BCUT2D eigenvalue weighted by atomic mass is 9.86. The summed E-state index contributed by atoms with van der Waals surface area (Å²) in [6.07, 6.45) is 1.03. The zero-order chi connectivity index (χ0) is 12.4. The Bertz CT molecular complexity index is 416. The molecule has 0 amide bonds.